The van der Waals surface area contributed by atoms with Gasteiger partial charge in [0, 0.05) is 0 Å². The van der Waals surface area contributed by atoms with Crippen molar-refractivity contribution in [2.24, 2.45) is 10.8 Å². The van der Waals surface area contributed by atoms with Crippen LogP contribution in [-0.2, 0) is 18.3 Å². The number of allylic oxidation sites excluding steroid dienone is 8. The summed E-state index contributed by atoms with van der Waals surface area (Å²) in [5, 5.41) is 0. The van der Waals surface area contributed by atoms with Crippen LogP contribution in [0.3, 0.4) is 0 Å². The first-order valence-electron chi connectivity index (χ1n) is 12.5. The molecule has 0 unspecified atom stereocenters. The van der Waals surface area contributed by atoms with E-state index in [1.807, 2.05) is 36.4 Å². The minimum absolute atomic E-state index is 0. The Balaban J connectivity index is 0.00000361. The van der Waals surface area contributed by atoms with Crippen molar-refractivity contribution in [2.75, 3.05) is 0 Å². The third-order valence-electron chi connectivity index (χ3n) is 8.82. The van der Waals surface area contributed by atoms with E-state index in [1.54, 1.807) is 6.07 Å². The molecule has 1 nitrogen and oxygen atoms in total. The average Bonchev–Trinajstić information content (AvgIpc) is 3.07. The fraction of sp³-hybridized carbons (Fsp3) is 0.375. The molecule has 0 atom stereocenters. The Morgan fingerprint density at radius 1 is 0.667 bits per heavy atom. The molecule has 0 amide bonds. The Hall–Kier alpha value is -1.87. The monoisotopic (exact) mass is 541 g/mol. The van der Waals surface area contributed by atoms with Crippen LogP contribution >= 0.6 is 12.4 Å². The van der Waals surface area contributed by atoms with Crippen molar-refractivity contribution in [2.45, 2.75) is 69.2 Å². The molecule has 2 aromatic rings. The van der Waals surface area contributed by atoms with E-state index in [-0.39, 0.29) is 29.1 Å². The predicted molar refractivity (Wildman–Crippen MR) is 149 cm³/mol. The van der Waals surface area contributed by atoms with Gasteiger partial charge in [-0.05, 0) is 0 Å². The van der Waals surface area contributed by atoms with E-state index in [1.165, 1.54) is 47.3 Å². The summed E-state index contributed by atoms with van der Waals surface area (Å²) in [6, 6.07) is 15.0. The van der Waals surface area contributed by atoms with E-state index in [0.717, 1.165) is 16.9 Å². The van der Waals surface area contributed by atoms with Crippen molar-refractivity contribution in [1.82, 2.24) is 0 Å². The van der Waals surface area contributed by atoms with Crippen LogP contribution in [0.5, 0.6) is 5.75 Å². The smallest absolute Gasteiger partial charge is 0.147 e. The first-order chi connectivity index (χ1) is 16.3. The van der Waals surface area contributed by atoms with Gasteiger partial charge in [-0.2, -0.15) is 0 Å². The van der Waals surface area contributed by atoms with Crippen molar-refractivity contribution in [3.63, 3.8) is 0 Å². The second-order valence-electron chi connectivity index (χ2n) is 11.2. The Labute approximate surface area is 230 Å². The summed E-state index contributed by atoms with van der Waals surface area (Å²) in [6.45, 7) is 23.0. The molecule has 0 spiro atoms. The molecule has 4 rings (SSSR count). The molecule has 0 fully saturated rings. The van der Waals surface area contributed by atoms with E-state index < -0.39 is 18.3 Å². The maximum absolute atomic E-state index is 14.5. The number of benzene rings is 2. The van der Waals surface area contributed by atoms with Crippen LogP contribution < -0.4 is 3.32 Å². The Morgan fingerprint density at radius 3 is 1.56 bits per heavy atom. The van der Waals surface area contributed by atoms with Crippen LogP contribution in [0, 0.1) is 16.6 Å². The molecule has 0 aliphatic heterocycles. The molecule has 2 aliphatic carbocycles. The van der Waals surface area contributed by atoms with Gasteiger partial charge < -0.3 is 0 Å². The fourth-order valence-corrected chi connectivity index (χ4v) is 11.2. The van der Waals surface area contributed by atoms with E-state index in [0.29, 0.717) is 0 Å². The van der Waals surface area contributed by atoms with Crippen molar-refractivity contribution >= 4 is 12.4 Å². The summed E-state index contributed by atoms with van der Waals surface area (Å²) < 4.78 is 24.7. The summed E-state index contributed by atoms with van der Waals surface area (Å²) in [5.41, 5.74) is 10.0. The number of hydrogen-bond acceptors (Lipinski definition) is 1. The molecule has 4 heteroatoms. The predicted octanol–water partition coefficient (Wildman–Crippen LogP) is 10.1. The van der Waals surface area contributed by atoms with Crippen LogP contribution in [0.1, 0.15) is 69.2 Å². The van der Waals surface area contributed by atoms with Crippen LogP contribution in [0.4, 0.5) is 4.39 Å². The van der Waals surface area contributed by atoms with Gasteiger partial charge in [0.05, 0.1) is 0 Å². The number of hydrogen-bond donors (Lipinski definition) is 0. The summed E-state index contributed by atoms with van der Waals surface area (Å²) in [6.07, 6.45) is 0. The second kappa shape index (κ2) is 10.1. The molecule has 0 N–H and O–H groups in total. The quantitative estimate of drug-likeness (QED) is 0.342. The fourth-order valence-electron chi connectivity index (χ4n) is 5.87. The van der Waals surface area contributed by atoms with Crippen molar-refractivity contribution < 1.29 is 26.0 Å². The van der Waals surface area contributed by atoms with E-state index >= 15 is 0 Å². The zero-order valence-electron chi connectivity index (χ0n) is 23.3. The first-order valence-corrected chi connectivity index (χ1v) is 14.7. The maximum Gasteiger partial charge on any atom is -0.147 e. The molecule has 0 saturated heterocycles. The molecule has 0 bridgehead atoms. The van der Waals surface area contributed by atoms with Gasteiger partial charge in [-0.1, -0.05) is 0 Å². The summed E-state index contributed by atoms with van der Waals surface area (Å²) >= 11 is -2.59. The van der Waals surface area contributed by atoms with Gasteiger partial charge in [-0.3, -0.25) is 0 Å². The normalized spacial score (nSPS) is 18.8. The molecule has 0 saturated carbocycles. The van der Waals surface area contributed by atoms with Crippen molar-refractivity contribution in [3.8, 4) is 16.9 Å². The number of halogens is 2. The molecule has 0 aromatic heterocycles. The van der Waals surface area contributed by atoms with E-state index in [4.69, 9.17) is 3.32 Å². The van der Waals surface area contributed by atoms with Crippen LogP contribution in [-0.4, -0.2) is 0 Å². The molecule has 191 valence electrons. The molecule has 2 aromatic carbocycles. The van der Waals surface area contributed by atoms with Crippen LogP contribution in [0.25, 0.3) is 11.1 Å². The Morgan fingerprint density at radius 2 is 1.14 bits per heavy atom. The van der Waals surface area contributed by atoms with E-state index in [2.05, 4.69) is 69.2 Å². The molecular formula is C32H39ClFOTi. The minimum atomic E-state index is -2.59. The summed E-state index contributed by atoms with van der Waals surface area (Å²) in [7, 11) is 0. The zero-order valence-corrected chi connectivity index (χ0v) is 25.7. The van der Waals surface area contributed by atoms with E-state index in [9.17, 15) is 4.39 Å². The summed E-state index contributed by atoms with van der Waals surface area (Å²) in [4.78, 5) is 0. The molecule has 0 radical (unpaired) electrons. The molecule has 36 heavy (non-hydrogen) atoms. The molecule has 2 aliphatic rings. The van der Waals surface area contributed by atoms with Gasteiger partial charge in [-0.25, -0.2) is 0 Å². The second-order valence-corrected chi connectivity index (χ2v) is 14.1. The van der Waals surface area contributed by atoms with Crippen molar-refractivity contribution in [3.05, 3.63) is 95.5 Å². The van der Waals surface area contributed by atoms with Gasteiger partial charge in [-0.15, -0.1) is 12.4 Å². The largest absolute Gasteiger partial charge is 0.147 e. The molecular weight excluding hydrogens is 503 g/mol. The van der Waals surface area contributed by atoms with Gasteiger partial charge in [0.25, 0.3) is 0 Å². The third-order valence-corrected chi connectivity index (χ3v) is 14.0. The third kappa shape index (κ3) is 4.51. The van der Waals surface area contributed by atoms with Gasteiger partial charge in [0.2, 0.25) is 0 Å². The topological polar surface area (TPSA) is 9.23 Å². The van der Waals surface area contributed by atoms with Gasteiger partial charge >= 0.3 is 218 Å². The average molecular weight is 542 g/mol. The number of rotatable bonds is 5. The Bertz CT molecular complexity index is 1270. The standard InChI is InChI=1S/C12H9FO.2C10H15.ClH.Ti/c13-10-6-7-12(14)11(8-10)9-4-2-1-3-5-9;2*1-7-6-10(4,5)9(3)8(7)2;;/h1-8,14H;2*1-5H3;1H;/q;;;;+1/p-1. The van der Waals surface area contributed by atoms with Crippen LogP contribution in [0.15, 0.2) is 89.7 Å². The minimum Gasteiger partial charge on any atom is -0.147 e. The zero-order chi connectivity index (χ0) is 25.9. The Kier molecular flexibility index (Phi) is 8.07. The molecule has 0 heterocycles. The first kappa shape index (κ1) is 28.7. The maximum atomic E-state index is 14.5. The summed E-state index contributed by atoms with van der Waals surface area (Å²) in [5.74, 6) is 0.539. The van der Waals surface area contributed by atoms with Gasteiger partial charge in [0.15, 0.2) is 0 Å². The SMILES string of the molecule is CC1=C(C)C(C)(C)[C]([Ti]([O]c2ccc(F)cc2-c2ccccc2)[C]2=C(C)C(C)=C(C)C2(C)C)=C1C.Cl. The van der Waals surface area contributed by atoms with Gasteiger partial charge in [0.1, 0.15) is 0 Å². The van der Waals surface area contributed by atoms with Crippen LogP contribution in [0.2, 0.25) is 0 Å². The van der Waals surface area contributed by atoms with Crippen molar-refractivity contribution in [1.29, 1.82) is 0 Å².